The molecule has 4 heteroatoms. The topological polar surface area (TPSA) is 57.6 Å². The Bertz CT molecular complexity index is 328. The molecular weight excluding hydrogens is 230 g/mol. The highest BCUT2D eigenvalue weighted by atomic mass is 16.4. The SMILES string of the molecule is CCC(C)C(=O)N1C2CCC1CC(CC(=O)O)C2. The molecule has 0 aliphatic carbocycles. The number of amides is 1. The Morgan fingerprint density at radius 2 is 1.83 bits per heavy atom. The number of carbonyl (C=O) groups is 2. The first kappa shape index (κ1) is 13.4. The lowest BCUT2D eigenvalue weighted by atomic mass is 9.87. The van der Waals surface area contributed by atoms with Gasteiger partial charge in [0, 0.05) is 24.4 Å². The van der Waals surface area contributed by atoms with Gasteiger partial charge in [-0.2, -0.15) is 0 Å². The summed E-state index contributed by atoms with van der Waals surface area (Å²) in [6.07, 6.45) is 5.02. The van der Waals surface area contributed by atoms with E-state index in [-0.39, 0.29) is 24.2 Å². The van der Waals surface area contributed by atoms with E-state index in [1.807, 2.05) is 13.8 Å². The van der Waals surface area contributed by atoms with Crippen molar-refractivity contribution in [2.45, 2.75) is 64.5 Å². The standard InChI is InChI=1S/C14H23NO3/c1-3-9(2)14(18)15-11-4-5-12(15)7-10(6-11)8-13(16)17/h9-12H,3-8H2,1-2H3,(H,16,17). The van der Waals surface area contributed by atoms with Crippen LogP contribution in [0.4, 0.5) is 0 Å². The third-order valence-corrected chi connectivity index (χ3v) is 4.58. The van der Waals surface area contributed by atoms with E-state index in [4.69, 9.17) is 5.11 Å². The molecule has 2 aliphatic rings. The summed E-state index contributed by atoms with van der Waals surface area (Å²) in [5.41, 5.74) is 0. The molecule has 0 aromatic heterocycles. The summed E-state index contributed by atoms with van der Waals surface area (Å²) in [4.78, 5) is 25.2. The van der Waals surface area contributed by atoms with Gasteiger partial charge in [0.05, 0.1) is 0 Å². The number of aliphatic carboxylic acids is 1. The summed E-state index contributed by atoms with van der Waals surface area (Å²) in [7, 11) is 0. The summed E-state index contributed by atoms with van der Waals surface area (Å²) in [5, 5.41) is 8.88. The minimum atomic E-state index is -0.707. The van der Waals surface area contributed by atoms with Crippen molar-refractivity contribution < 1.29 is 14.7 Å². The van der Waals surface area contributed by atoms with E-state index >= 15 is 0 Å². The van der Waals surface area contributed by atoms with Crippen LogP contribution in [0, 0.1) is 11.8 Å². The molecule has 2 fully saturated rings. The third-order valence-electron chi connectivity index (χ3n) is 4.58. The van der Waals surface area contributed by atoms with Gasteiger partial charge in [0.2, 0.25) is 5.91 Å². The fourth-order valence-corrected chi connectivity index (χ4v) is 3.49. The van der Waals surface area contributed by atoms with Crippen molar-refractivity contribution in [2.24, 2.45) is 11.8 Å². The van der Waals surface area contributed by atoms with E-state index in [9.17, 15) is 9.59 Å². The van der Waals surface area contributed by atoms with Crippen LogP contribution >= 0.6 is 0 Å². The van der Waals surface area contributed by atoms with Gasteiger partial charge in [0.15, 0.2) is 0 Å². The Hall–Kier alpha value is -1.06. The highest BCUT2D eigenvalue weighted by molar-refractivity contribution is 5.79. The summed E-state index contributed by atoms with van der Waals surface area (Å²) in [6.45, 7) is 4.03. The van der Waals surface area contributed by atoms with E-state index in [1.165, 1.54) is 0 Å². The summed E-state index contributed by atoms with van der Waals surface area (Å²) < 4.78 is 0. The van der Waals surface area contributed by atoms with Crippen molar-refractivity contribution >= 4 is 11.9 Å². The third kappa shape index (κ3) is 2.52. The number of piperidine rings is 1. The Morgan fingerprint density at radius 3 is 2.28 bits per heavy atom. The molecule has 0 saturated carbocycles. The summed E-state index contributed by atoms with van der Waals surface area (Å²) in [5.74, 6) is -0.0648. The van der Waals surface area contributed by atoms with Crippen LogP contribution in [0.2, 0.25) is 0 Å². The summed E-state index contributed by atoms with van der Waals surface area (Å²) >= 11 is 0. The normalized spacial score (nSPS) is 32.3. The zero-order valence-electron chi connectivity index (χ0n) is 11.3. The molecule has 2 rings (SSSR count). The Labute approximate surface area is 108 Å². The quantitative estimate of drug-likeness (QED) is 0.836. The van der Waals surface area contributed by atoms with Crippen LogP contribution in [0.5, 0.6) is 0 Å². The van der Waals surface area contributed by atoms with Gasteiger partial charge in [-0.15, -0.1) is 0 Å². The Kier molecular flexibility index (Phi) is 3.93. The van der Waals surface area contributed by atoms with E-state index in [0.29, 0.717) is 12.1 Å². The molecular formula is C14H23NO3. The molecule has 1 N–H and O–H groups in total. The monoisotopic (exact) mass is 253 g/mol. The molecule has 1 amide bonds. The molecule has 2 heterocycles. The zero-order chi connectivity index (χ0) is 13.3. The van der Waals surface area contributed by atoms with Gasteiger partial charge < -0.3 is 10.0 Å². The fourth-order valence-electron chi connectivity index (χ4n) is 3.49. The molecule has 0 aromatic rings. The molecule has 18 heavy (non-hydrogen) atoms. The molecule has 4 nitrogen and oxygen atoms in total. The molecule has 3 unspecified atom stereocenters. The maximum atomic E-state index is 12.3. The second kappa shape index (κ2) is 5.29. The first-order valence-corrected chi connectivity index (χ1v) is 7.06. The number of fused-ring (bicyclic) bond motifs is 2. The fraction of sp³-hybridized carbons (Fsp3) is 0.857. The van der Waals surface area contributed by atoms with Crippen LogP contribution in [-0.4, -0.2) is 34.0 Å². The average molecular weight is 253 g/mol. The Morgan fingerprint density at radius 1 is 1.28 bits per heavy atom. The molecule has 0 spiro atoms. The van der Waals surface area contributed by atoms with E-state index < -0.39 is 5.97 Å². The molecule has 3 atom stereocenters. The maximum Gasteiger partial charge on any atom is 0.303 e. The minimum Gasteiger partial charge on any atom is -0.481 e. The molecule has 2 aliphatic heterocycles. The van der Waals surface area contributed by atoms with Crippen molar-refractivity contribution in [1.29, 1.82) is 0 Å². The van der Waals surface area contributed by atoms with E-state index in [2.05, 4.69) is 4.90 Å². The Balaban J connectivity index is 2.02. The van der Waals surface area contributed by atoms with Crippen molar-refractivity contribution in [3.63, 3.8) is 0 Å². The summed E-state index contributed by atoms with van der Waals surface area (Å²) in [6, 6.07) is 0.601. The lowest BCUT2D eigenvalue weighted by Crippen LogP contribution is -2.48. The van der Waals surface area contributed by atoms with E-state index in [1.54, 1.807) is 0 Å². The predicted octanol–water partition coefficient (Wildman–Crippen LogP) is 2.28. The first-order chi connectivity index (χ1) is 8.52. The van der Waals surface area contributed by atoms with Gasteiger partial charge in [-0.25, -0.2) is 0 Å². The number of nitrogens with zero attached hydrogens (tertiary/aromatic N) is 1. The molecule has 0 aromatic carbocycles. The number of hydrogen-bond donors (Lipinski definition) is 1. The highest BCUT2D eigenvalue weighted by Crippen LogP contribution is 2.40. The van der Waals surface area contributed by atoms with Gasteiger partial charge in [-0.05, 0) is 38.0 Å². The average Bonchev–Trinajstić information content (AvgIpc) is 2.58. The van der Waals surface area contributed by atoms with Crippen LogP contribution in [0.3, 0.4) is 0 Å². The molecule has 2 saturated heterocycles. The van der Waals surface area contributed by atoms with Crippen molar-refractivity contribution in [3.05, 3.63) is 0 Å². The van der Waals surface area contributed by atoms with E-state index in [0.717, 1.165) is 32.1 Å². The van der Waals surface area contributed by atoms with Gasteiger partial charge >= 0.3 is 5.97 Å². The van der Waals surface area contributed by atoms with Crippen LogP contribution in [0.15, 0.2) is 0 Å². The lowest BCUT2D eigenvalue weighted by molar-refractivity contribution is -0.142. The molecule has 102 valence electrons. The second-order valence-electron chi connectivity index (χ2n) is 5.88. The number of rotatable bonds is 4. The number of carboxylic acid groups (broad SMARTS) is 1. The number of hydrogen-bond acceptors (Lipinski definition) is 2. The van der Waals surface area contributed by atoms with Crippen LogP contribution in [0.25, 0.3) is 0 Å². The van der Waals surface area contributed by atoms with Crippen LogP contribution < -0.4 is 0 Å². The number of carbonyl (C=O) groups excluding carboxylic acids is 1. The smallest absolute Gasteiger partial charge is 0.303 e. The van der Waals surface area contributed by atoms with Gasteiger partial charge in [-0.1, -0.05) is 13.8 Å². The van der Waals surface area contributed by atoms with Gasteiger partial charge in [0.1, 0.15) is 0 Å². The maximum absolute atomic E-state index is 12.3. The van der Waals surface area contributed by atoms with Crippen molar-refractivity contribution in [1.82, 2.24) is 4.90 Å². The van der Waals surface area contributed by atoms with Crippen LogP contribution in [-0.2, 0) is 9.59 Å². The van der Waals surface area contributed by atoms with Gasteiger partial charge in [-0.3, -0.25) is 9.59 Å². The first-order valence-electron chi connectivity index (χ1n) is 7.06. The minimum absolute atomic E-state index is 0.101. The largest absolute Gasteiger partial charge is 0.481 e. The zero-order valence-corrected chi connectivity index (χ0v) is 11.3. The van der Waals surface area contributed by atoms with Crippen molar-refractivity contribution in [3.8, 4) is 0 Å². The van der Waals surface area contributed by atoms with Gasteiger partial charge in [0.25, 0.3) is 0 Å². The number of carboxylic acids is 1. The van der Waals surface area contributed by atoms with Crippen LogP contribution in [0.1, 0.15) is 52.4 Å². The second-order valence-corrected chi connectivity index (χ2v) is 5.88. The lowest BCUT2D eigenvalue weighted by Gasteiger charge is -2.40. The van der Waals surface area contributed by atoms with Crippen molar-refractivity contribution in [2.75, 3.05) is 0 Å². The highest BCUT2D eigenvalue weighted by Gasteiger charge is 2.44. The predicted molar refractivity (Wildman–Crippen MR) is 68.1 cm³/mol. The molecule has 0 radical (unpaired) electrons. The molecule has 2 bridgehead atoms.